The summed E-state index contributed by atoms with van der Waals surface area (Å²) in [4.78, 5) is 36.3. The van der Waals surface area contributed by atoms with Gasteiger partial charge in [-0.2, -0.15) is 0 Å². The number of hydrogen-bond donors (Lipinski definition) is 1. The first-order chi connectivity index (χ1) is 13.9. The summed E-state index contributed by atoms with van der Waals surface area (Å²) in [6.07, 6.45) is 0.814. The Kier molecular flexibility index (Phi) is 8.67. The molecular weight excluding hydrogens is 394 g/mol. The van der Waals surface area contributed by atoms with Crippen molar-refractivity contribution in [1.82, 2.24) is 5.32 Å². The normalized spacial score (nSPS) is 11.4. The van der Waals surface area contributed by atoms with E-state index in [0.717, 1.165) is 4.88 Å². The number of ketones is 1. The highest BCUT2D eigenvalue weighted by Gasteiger charge is 2.19. The van der Waals surface area contributed by atoms with Crippen LogP contribution < -0.4 is 14.8 Å². The number of esters is 1. The number of amides is 1. The van der Waals surface area contributed by atoms with Crippen LogP contribution in [-0.4, -0.2) is 38.5 Å². The topological polar surface area (TPSA) is 90.9 Å². The molecule has 0 saturated heterocycles. The van der Waals surface area contributed by atoms with Crippen LogP contribution in [0, 0.1) is 0 Å². The van der Waals surface area contributed by atoms with E-state index < -0.39 is 6.04 Å². The van der Waals surface area contributed by atoms with E-state index in [1.165, 1.54) is 32.5 Å². The molecule has 0 aliphatic rings. The van der Waals surface area contributed by atoms with Crippen LogP contribution in [0.25, 0.3) is 0 Å². The van der Waals surface area contributed by atoms with Gasteiger partial charge in [-0.05, 0) is 43.0 Å². The number of carbonyl (C=O) groups is 3. The molecule has 0 spiro atoms. The van der Waals surface area contributed by atoms with E-state index in [-0.39, 0.29) is 30.5 Å². The second-order valence-electron chi connectivity index (χ2n) is 6.29. The highest BCUT2D eigenvalue weighted by atomic mass is 32.1. The molecule has 0 saturated carbocycles. The van der Waals surface area contributed by atoms with Gasteiger partial charge >= 0.3 is 5.97 Å². The third kappa shape index (κ3) is 6.90. The summed E-state index contributed by atoms with van der Waals surface area (Å²) in [7, 11) is 2.83. The highest BCUT2D eigenvalue weighted by Crippen LogP contribution is 2.28. The Morgan fingerprint density at radius 2 is 1.93 bits per heavy atom. The van der Waals surface area contributed by atoms with Crippen LogP contribution in [0.4, 0.5) is 0 Å². The lowest BCUT2D eigenvalue weighted by atomic mass is 10.1. The van der Waals surface area contributed by atoms with E-state index in [4.69, 9.17) is 14.2 Å². The molecule has 1 atom stereocenters. The number of ether oxygens (including phenoxy) is 3. The van der Waals surface area contributed by atoms with Crippen LogP contribution in [0.1, 0.15) is 47.5 Å². The largest absolute Gasteiger partial charge is 0.493 e. The maximum Gasteiger partial charge on any atom is 0.307 e. The summed E-state index contributed by atoms with van der Waals surface area (Å²) in [5.74, 6) is 0.375. The summed E-state index contributed by atoms with van der Waals surface area (Å²) in [5, 5.41) is 4.77. The van der Waals surface area contributed by atoms with Crippen LogP contribution >= 0.6 is 11.3 Å². The number of hydrogen-bond acceptors (Lipinski definition) is 7. The molecule has 1 heterocycles. The summed E-state index contributed by atoms with van der Waals surface area (Å²) in [6, 6.07) is 8.32. The summed E-state index contributed by atoms with van der Waals surface area (Å²) < 4.78 is 15.7. The molecule has 1 amide bonds. The number of methoxy groups -OCH3 is 2. The Hall–Kier alpha value is -2.87. The van der Waals surface area contributed by atoms with Crippen molar-refractivity contribution in [2.45, 2.75) is 32.2 Å². The van der Waals surface area contributed by atoms with Crippen LogP contribution in [0.5, 0.6) is 11.5 Å². The maximum absolute atomic E-state index is 12.3. The van der Waals surface area contributed by atoms with Gasteiger partial charge in [0.25, 0.3) is 0 Å². The third-order valence-corrected chi connectivity index (χ3v) is 5.18. The van der Waals surface area contributed by atoms with Gasteiger partial charge in [0.15, 0.2) is 17.3 Å². The van der Waals surface area contributed by atoms with Crippen LogP contribution in [0.3, 0.4) is 0 Å². The first-order valence-corrected chi connectivity index (χ1v) is 10.0. The molecule has 1 aromatic carbocycles. The van der Waals surface area contributed by atoms with E-state index in [0.29, 0.717) is 30.1 Å². The number of carbonyl (C=O) groups excluding carboxylic acids is 3. The molecule has 0 radical (unpaired) electrons. The summed E-state index contributed by atoms with van der Waals surface area (Å²) >= 11 is 1.47. The Morgan fingerprint density at radius 1 is 1.14 bits per heavy atom. The Balaban J connectivity index is 1.84. The molecule has 0 fully saturated rings. The fourth-order valence-electron chi connectivity index (χ4n) is 2.65. The number of Topliss-reactive ketones (excluding diaryl/α,β-unsaturated/α-hetero) is 1. The molecular formula is C21H25NO6S. The minimum atomic E-state index is -0.407. The lowest BCUT2D eigenvalue weighted by molar-refractivity contribution is -0.141. The zero-order chi connectivity index (χ0) is 21.2. The number of nitrogens with one attached hydrogen (secondary N) is 1. The van der Waals surface area contributed by atoms with E-state index in [9.17, 15) is 14.4 Å². The van der Waals surface area contributed by atoms with E-state index in [2.05, 4.69) is 5.32 Å². The molecule has 1 aromatic heterocycles. The Labute approximate surface area is 174 Å². The molecule has 1 N–H and O–H groups in total. The van der Waals surface area contributed by atoms with Crippen molar-refractivity contribution >= 4 is 29.0 Å². The van der Waals surface area contributed by atoms with Gasteiger partial charge < -0.3 is 19.5 Å². The number of rotatable bonds is 11. The molecule has 156 valence electrons. The Bertz CT molecular complexity index is 834. The third-order valence-electron chi connectivity index (χ3n) is 4.20. The zero-order valence-corrected chi connectivity index (χ0v) is 17.5. The average molecular weight is 419 g/mol. The molecule has 7 nitrogen and oxygen atoms in total. The van der Waals surface area contributed by atoms with Gasteiger partial charge in [0, 0.05) is 16.9 Å². The zero-order valence-electron chi connectivity index (χ0n) is 16.7. The van der Waals surface area contributed by atoms with Crippen molar-refractivity contribution in [3.63, 3.8) is 0 Å². The fraction of sp³-hybridized carbons (Fsp3) is 0.381. The second-order valence-corrected chi connectivity index (χ2v) is 7.27. The minimum absolute atomic E-state index is 0.0567. The van der Waals surface area contributed by atoms with Crippen LogP contribution in [0.2, 0.25) is 0 Å². The van der Waals surface area contributed by atoms with E-state index in [1.54, 1.807) is 18.2 Å². The molecule has 0 bridgehead atoms. The number of benzene rings is 1. The maximum atomic E-state index is 12.3. The lowest BCUT2D eigenvalue weighted by Gasteiger charge is -2.16. The Morgan fingerprint density at radius 3 is 2.55 bits per heavy atom. The molecule has 0 aliphatic heterocycles. The van der Waals surface area contributed by atoms with Crippen LogP contribution in [-0.2, 0) is 14.3 Å². The molecule has 8 heteroatoms. The van der Waals surface area contributed by atoms with Gasteiger partial charge in [-0.1, -0.05) is 6.07 Å². The number of thiophene rings is 1. The average Bonchev–Trinajstić information content (AvgIpc) is 3.25. The lowest BCUT2D eigenvalue weighted by Crippen LogP contribution is -2.30. The van der Waals surface area contributed by atoms with Gasteiger partial charge in [-0.25, -0.2) is 0 Å². The van der Waals surface area contributed by atoms with Crippen molar-refractivity contribution < 1.29 is 28.6 Å². The smallest absolute Gasteiger partial charge is 0.307 e. The first-order valence-electron chi connectivity index (χ1n) is 9.16. The minimum Gasteiger partial charge on any atom is -0.493 e. The summed E-state index contributed by atoms with van der Waals surface area (Å²) in [5.41, 5.74) is 0.541. The van der Waals surface area contributed by atoms with Crippen molar-refractivity contribution in [3.8, 4) is 11.5 Å². The van der Waals surface area contributed by atoms with Gasteiger partial charge in [0.05, 0.1) is 33.3 Å². The van der Waals surface area contributed by atoms with Crippen molar-refractivity contribution in [2.75, 3.05) is 20.8 Å². The van der Waals surface area contributed by atoms with Crippen molar-refractivity contribution in [2.24, 2.45) is 0 Å². The van der Waals surface area contributed by atoms with Crippen molar-refractivity contribution in [1.29, 1.82) is 0 Å². The van der Waals surface area contributed by atoms with Gasteiger partial charge in [-0.15, -0.1) is 11.3 Å². The SMILES string of the molecule is COC(=O)CC(NC(=O)CCCOc1ccc(C(C)=O)cc1OC)c1cccs1. The monoisotopic (exact) mass is 419 g/mol. The van der Waals surface area contributed by atoms with Gasteiger partial charge in [0.1, 0.15) is 0 Å². The summed E-state index contributed by atoms with van der Waals surface area (Å²) in [6.45, 7) is 1.79. The predicted molar refractivity (Wildman–Crippen MR) is 110 cm³/mol. The molecule has 29 heavy (non-hydrogen) atoms. The quantitative estimate of drug-likeness (QED) is 0.340. The molecule has 0 aliphatic carbocycles. The predicted octanol–water partition coefficient (Wildman–Crippen LogP) is 3.54. The van der Waals surface area contributed by atoms with Crippen molar-refractivity contribution in [3.05, 3.63) is 46.2 Å². The fourth-order valence-corrected chi connectivity index (χ4v) is 3.43. The van der Waals surface area contributed by atoms with Gasteiger partial charge in [0.2, 0.25) is 5.91 Å². The highest BCUT2D eigenvalue weighted by molar-refractivity contribution is 7.10. The second kappa shape index (κ2) is 11.2. The van der Waals surface area contributed by atoms with Gasteiger partial charge in [-0.3, -0.25) is 14.4 Å². The van der Waals surface area contributed by atoms with E-state index in [1.807, 2.05) is 17.5 Å². The molecule has 1 unspecified atom stereocenters. The molecule has 2 rings (SSSR count). The first kappa shape index (κ1) is 22.4. The van der Waals surface area contributed by atoms with Crippen LogP contribution in [0.15, 0.2) is 35.7 Å². The molecule has 2 aromatic rings. The standard InChI is InChI=1S/C21H25NO6S/c1-14(23)15-8-9-17(18(12-15)26-2)28-10-4-7-20(24)22-16(13-21(25)27-3)19-6-5-11-29-19/h5-6,8-9,11-12,16H,4,7,10,13H2,1-3H3,(H,22,24). The van der Waals surface area contributed by atoms with E-state index >= 15 is 0 Å².